The van der Waals surface area contributed by atoms with Gasteiger partial charge in [0, 0.05) is 46.9 Å². The van der Waals surface area contributed by atoms with Gasteiger partial charge in [-0.15, -0.1) is 49.6 Å². The quantitative estimate of drug-likeness (QED) is 0.0704. The summed E-state index contributed by atoms with van der Waals surface area (Å²) in [6, 6.07) is 77.3. The van der Waals surface area contributed by atoms with E-state index in [1.807, 2.05) is 165 Å². The van der Waals surface area contributed by atoms with Crippen LogP contribution < -0.4 is 14.2 Å². The van der Waals surface area contributed by atoms with Crippen molar-refractivity contribution >= 4 is 93.3 Å². The van der Waals surface area contributed by atoms with Gasteiger partial charge in [-0.25, -0.2) is 15.0 Å². The molecule has 12 aromatic rings. The highest BCUT2D eigenvalue weighted by Crippen LogP contribution is 2.27. The molecule has 0 aliphatic carbocycles. The minimum Gasteiger partial charge on any atom is -0.508 e. The fourth-order valence-corrected chi connectivity index (χ4v) is 9.40. The van der Waals surface area contributed by atoms with Crippen molar-refractivity contribution in [3.63, 3.8) is 0 Å². The Balaban J connectivity index is 0.000000125. The van der Waals surface area contributed by atoms with E-state index in [1.54, 1.807) is 30.0 Å². The van der Waals surface area contributed by atoms with Crippen LogP contribution in [0.15, 0.2) is 256 Å². The van der Waals surface area contributed by atoms with Crippen LogP contribution in [0.1, 0.15) is 28.3 Å². The third kappa shape index (κ3) is 16.3. The van der Waals surface area contributed by atoms with E-state index in [9.17, 15) is 5.11 Å². The van der Waals surface area contributed by atoms with Gasteiger partial charge in [0.05, 0.1) is 44.8 Å². The highest BCUT2D eigenvalue weighted by Gasteiger charge is 2.06. The van der Waals surface area contributed by atoms with Crippen molar-refractivity contribution < 1.29 is 19.3 Å². The van der Waals surface area contributed by atoms with Gasteiger partial charge in [0.25, 0.3) is 0 Å². The Bertz CT molecular complexity index is 3760. The second kappa shape index (κ2) is 27.2. The topological polar surface area (TPSA) is 99.5 Å². The molecule has 77 heavy (non-hydrogen) atoms. The van der Waals surface area contributed by atoms with E-state index in [1.165, 1.54) is 10.3 Å². The SMILES string of the molecule is Cc1cc(O)ccc1OCc1ccc2ccccc2n1.Sc1ccc(OCc2ccc3ccccc3n2)cc1.Sc1cccc(OCc2ccc3ccccc3n2)c1.Sc1cccc(SCc2ccc3ccccc3n2)c1. The van der Waals surface area contributed by atoms with Crippen molar-refractivity contribution in [3.05, 3.63) is 265 Å². The lowest BCUT2D eigenvalue weighted by molar-refractivity contribution is 0.299. The zero-order valence-corrected chi connectivity index (χ0v) is 45.6. The lowest BCUT2D eigenvalue weighted by atomic mass is 10.2. The van der Waals surface area contributed by atoms with Crippen LogP contribution in [0.4, 0.5) is 0 Å². The Morgan fingerprint density at radius 1 is 0.377 bits per heavy atom. The third-order valence-electron chi connectivity index (χ3n) is 11.8. The summed E-state index contributed by atoms with van der Waals surface area (Å²) in [5.41, 5.74) is 8.76. The number of benzene rings is 8. The Kier molecular flexibility index (Phi) is 19.0. The monoisotopic (exact) mass is 1080 g/mol. The summed E-state index contributed by atoms with van der Waals surface area (Å²) < 4.78 is 17.2. The van der Waals surface area contributed by atoms with Gasteiger partial charge < -0.3 is 19.3 Å². The number of thiol groups is 3. The molecular formula is C65H54N4O4S4. The molecule has 8 nitrogen and oxygen atoms in total. The molecule has 4 heterocycles. The van der Waals surface area contributed by atoms with E-state index in [-0.39, 0.29) is 5.75 Å². The highest BCUT2D eigenvalue weighted by atomic mass is 32.2. The van der Waals surface area contributed by atoms with Crippen LogP contribution in [-0.2, 0) is 25.6 Å². The first-order valence-corrected chi connectivity index (χ1v) is 27.1. The van der Waals surface area contributed by atoms with Gasteiger partial charge >= 0.3 is 0 Å². The molecule has 0 saturated carbocycles. The van der Waals surface area contributed by atoms with Crippen molar-refractivity contribution in [2.24, 2.45) is 0 Å². The van der Waals surface area contributed by atoms with E-state index < -0.39 is 0 Å². The second-order valence-electron chi connectivity index (χ2n) is 17.6. The molecular weight excluding hydrogens is 1030 g/mol. The van der Waals surface area contributed by atoms with E-state index in [0.717, 1.165) is 104 Å². The van der Waals surface area contributed by atoms with Crippen molar-refractivity contribution in [2.75, 3.05) is 0 Å². The predicted molar refractivity (Wildman–Crippen MR) is 323 cm³/mol. The average molecular weight is 1080 g/mol. The fourth-order valence-electron chi connectivity index (χ4n) is 7.86. The van der Waals surface area contributed by atoms with Crippen LogP contribution in [0, 0.1) is 6.92 Å². The van der Waals surface area contributed by atoms with Crippen molar-refractivity contribution in [2.45, 2.75) is 52.1 Å². The Labute approximate surface area is 469 Å². The van der Waals surface area contributed by atoms with E-state index in [4.69, 9.17) is 14.2 Å². The number of aromatic nitrogens is 4. The number of aromatic hydroxyl groups is 1. The molecule has 8 aromatic carbocycles. The van der Waals surface area contributed by atoms with Gasteiger partial charge in [0.2, 0.25) is 0 Å². The third-order valence-corrected chi connectivity index (χ3v) is 13.7. The Hall–Kier alpha value is -8.00. The first-order chi connectivity index (χ1) is 37.6. The van der Waals surface area contributed by atoms with Gasteiger partial charge in [-0.1, -0.05) is 109 Å². The molecule has 0 saturated heterocycles. The minimum absolute atomic E-state index is 0.249. The summed E-state index contributed by atoms with van der Waals surface area (Å²) in [7, 11) is 0. The number of hydrogen-bond acceptors (Lipinski definition) is 12. The Morgan fingerprint density at radius 3 is 1.31 bits per heavy atom. The molecule has 0 unspecified atom stereocenters. The molecule has 0 spiro atoms. The zero-order valence-electron chi connectivity index (χ0n) is 42.1. The number of nitrogens with zero attached hydrogens (tertiary/aromatic N) is 4. The van der Waals surface area contributed by atoms with Gasteiger partial charge in [-0.2, -0.15) is 0 Å². The van der Waals surface area contributed by atoms with Crippen molar-refractivity contribution in [1.29, 1.82) is 0 Å². The van der Waals surface area contributed by atoms with Crippen LogP contribution >= 0.6 is 49.6 Å². The maximum Gasteiger partial charge on any atom is 0.130 e. The van der Waals surface area contributed by atoms with Crippen LogP contribution in [-0.4, -0.2) is 25.0 Å². The van der Waals surface area contributed by atoms with Gasteiger partial charge in [-0.05, 0) is 140 Å². The maximum atomic E-state index is 9.37. The first kappa shape index (κ1) is 53.8. The molecule has 0 aliphatic rings. The second-order valence-corrected chi connectivity index (χ2v) is 20.2. The minimum atomic E-state index is 0.249. The van der Waals surface area contributed by atoms with E-state index in [2.05, 4.69) is 118 Å². The molecule has 0 atom stereocenters. The number of pyridine rings is 4. The molecule has 382 valence electrons. The maximum absolute atomic E-state index is 9.37. The molecule has 0 radical (unpaired) electrons. The zero-order chi connectivity index (χ0) is 53.2. The van der Waals surface area contributed by atoms with Crippen molar-refractivity contribution in [1.82, 2.24) is 19.9 Å². The summed E-state index contributed by atoms with van der Waals surface area (Å²) in [5.74, 6) is 3.52. The average Bonchev–Trinajstić information content (AvgIpc) is 3.46. The number of para-hydroxylation sites is 4. The number of ether oxygens (including phenoxy) is 3. The molecule has 0 amide bonds. The largest absolute Gasteiger partial charge is 0.508 e. The van der Waals surface area contributed by atoms with Gasteiger partial charge in [0.15, 0.2) is 0 Å². The normalized spacial score (nSPS) is 10.6. The van der Waals surface area contributed by atoms with Crippen LogP contribution in [0.5, 0.6) is 23.0 Å². The lowest BCUT2D eigenvalue weighted by Crippen LogP contribution is -1.99. The molecule has 1 N–H and O–H groups in total. The first-order valence-electron chi connectivity index (χ1n) is 24.7. The lowest BCUT2D eigenvalue weighted by Gasteiger charge is -2.09. The van der Waals surface area contributed by atoms with Crippen LogP contribution in [0.2, 0.25) is 0 Å². The summed E-state index contributed by atoms with van der Waals surface area (Å²) in [6.07, 6.45) is 0. The van der Waals surface area contributed by atoms with Gasteiger partial charge in [-0.3, -0.25) is 4.98 Å². The summed E-state index contributed by atoms with van der Waals surface area (Å²) in [5, 5.41) is 14.0. The number of phenols is 1. The molecule has 4 aromatic heterocycles. The number of hydrogen-bond donors (Lipinski definition) is 4. The molecule has 12 heteroatoms. The molecule has 0 fully saturated rings. The van der Waals surface area contributed by atoms with Gasteiger partial charge in [0.1, 0.15) is 42.8 Å². The predicted octanol–water partition coefficient (Wildman–Crippen LogP) is 16.8. The molecule has 0 aliphatic heterocycles. The number of thioether (sulfide) groups is 1. The van der Waals surface area contributed by atoms with E-state index >= 15 is 0 Å². The number of fused-ring (bicyclic) bond motifs is 4. The smallest absolute Gasteiger partial charge is 0.130 e. The van der Waals surface area contributed by atoms with Crippen LogP contribution in [0.3, 0.4) is 0 Å². The molecule has 12 rings (SSSR count). The highest BCUT2D eigenvalue weighted by molar-refractivity contribution is 7.98. The summed E-state index contributed by atoms with van der Waals surface area (Å²) in [4.78, 5) is 22.4. The molecule has 0 bridgehead atoms. The number of aryl methyl sites for hydroxylation is 1. The standard InChI is InChI=1S/C17H15NO2.2C16H13NOS.C16H13NS2/c1-12-10-15(19)8-9-17(12)20-11-14-7-6-13-4-2-3-5-16(13)18-14;19-15-6-3-5-14(10-15)18-11-13-9-8-12-4-1-2-7-16(12)17-13;19-15-9-7-14(8-10-15)18-11-13-6-5-12-3-1-2-4-16(12)17-13;18-14-5-3-6-15(10-14)19-11-13-9-8-12-4-1-2-7-16(12)17-13/h2-10,19H,11H2,1H3;2*1-10,19H,11H2;1-10,18H,11H2. The van der Waals surface area contributed by atoms with E-state index in [0.29, 0.717) is 19.8 Å². The van der Waals surface area contributed by atoms with Crippen LogP contribution in [0.25, 0.3) is 43.6 Å². The summed E-state index contributed by atoms with van der Waals surface area (Å²) in [6.45, 7) is 3.25. The number of phenolic OH excluding ortho intramolecular Hbond substituents is 1. The summed E-state index contributed by atoms with van der Waals surface area (Å²) >= 11 is 14.7. The Morgan fingerprint density at radius 2 is 0.818 bits per heavy atom. The fraction of sp³-hybridized carbons (Fsp3) is 0.0769. The van der Waals surface area contributed by atoms with Crippen molar-refractivity contribution in [3.8, 4) is 23.0 Å². The number of rotatable bonds is 12.